The molecule has 2 aliphatic rings. The van der Waals surface area contributed by atoms with E-state index < -0.39 is 0 Å². The molecule has 0 spiro atoms. The minimum Gasteiger partial charge on any atom is -0.335 e. The molecule has 1 aliphatic heterocycles. The first-order chi connectivity index (χ1) is 9.13. The van der Waals surface area contributed by atoms with E-state index >= 15 is 0 Å². The van der Waals surface area contributed by atoms with Crippen LogP contribution in [0.15, 0.2) is 0 Å². The van der Waals surface area contributed by atoms with Gasteiger partial charge in [-0.2, -0.15) is 0 Å². The molecule has 4 N–H and O–H groups in total. The molecule has 108 valence electrons. The van der Waals surface area contributed by atoms with Gasteiger partial charge in [-0.15, -0.1) is 0 Å². The highest BCUT2D eigenvalue weighted by Crippen LogP contribution is 2.17. The Morgan fingerprint density at radius 1 is 1.16 bits per heavy atom. The molecule has 1 heterocycles. The van der Waals surface area contributed by atoms with Crippen molar-refractivity contribution in [2.75, 3.05) is 19.6 Å². The summed E-state index contributed by atoms with van der Waals surface area (Å²) in [6.07, 6.45) is 6.38. The highest BCUT2D eigenvalue weighted by Gasteiger charge is 2.21. The lowest BCUT2D eigenvalue weighted by molar-refractivity contribution is -0.121. The molecular formula is C13H24N4O2. The van der Waals surface area contributed by atoms with Gasteiger partial charge in [-0.25, -0.2) is 4.79 Å². The summed E-state index contributed by atoms with van der Waals surface area (Å²) in [5.74, 6) is -0.246. The van der Waals surface area contributed by atoms with E-state index in [9.17, 15) is 9.59 Å². The first-order valence-corrected chi connectivity index (χ1v) is 7.22. The molecule has 1 atom stereocenters. The quantitative estimate of drug-likeness (QED) is 0.681. The van der Waals surface area contributed by atoms with Crippen molar-refractivity contribution in [1.29, 1.82) is 0 Å². The van der Waals surface area contributed by atoms with Crippen LogP contribution in [0.5, 0.6) is 0 Å². The number of carbonyl (C=O) groups is 2. The predicted octanol–water partition coefficient (Wildman–Crippen LogP) is 0.178. The van der Waals surface area contributed by atoms with Crippen molar-refractivity contribution in [3.63, 3.8) is 0 Å². The molecule has 1 saturated carbocycles. The molecule has 1 saturated heterocycles. The van der Waals surface area contributed by atoms with Crippen molar-refractivity contribution in [3.8, 4) is 0 Å². The Hall–Kier alpha value is -1.14. The summed E-state index contributed by atoms with van der Waals surface area (Å²) < 4.78 is 0. The van der Waals surface area contributed by atoms with Crippen molar-refractivity contribution in [2.45, 2.75) is 50.6 Å². The largest absolute Gasteiger partial charge is 0.335 e. The molecule has 0 aromatic carbocycles. The number of carbonyl (C=O) groups excluding carboxylic acids is 2. The number of hydrogen-bond donors (Lipinski definition) is 3. The third-order valence-corrected chi connectivity index (χ3v) is 3.85. The Balaban J connectivity index is 1.66. The van der Waals surface area contributed by atoms with E-state index in [1.54, 1.807) is 0 Å². The number of urea groups is 1. The summed E-state index contributed by atoms with van der Waals surface area (Å²) >= 11 is 0. The Morgan fingerprint density at radius 2 is 1.89 bits per heavy atom. The fourth-order valence-corrected chi connectivity index (χ4v) is 2.90. The van der Waals surface area contributed by atoms with E-state index in [0.717, 1.165) is 51.6 Å². The summed E-state index contributed by atoms with van der Waals surface area (Å²) in [5, 5.41) is 5.24. The van der Waals surface area contributed by atoms with E-state index in [0.29, 0.717) is 0 Å². The average molecular weight is 268 g/mol. The van der Waals surface area contributed by atoms with Gasteiger partial charge in [-0.3, -0.25) is 15.0 Å². The number of piperidine rings is 1. The van der Waals surface area contributed by atoms with Gasteiger partial charge in [0, 0.05) is 18.6 Å². The normalized spacial score (nSPS) is 25.2. The second-order valence-electron chi connectivity index (χ2n) is 5.64. The van der Waals surface area contributed by atoms with Crippen LogP contribution in [0.1, 0.15) is 38.5 Å². The number of nitrogens with two attached hydrogens (primary N) is 1. The van der Waals surface area contributed by atoms with Gasteiger partial charge in [0.15, 0.2) is 0 Å². The third-order valence-electron chi connectivity index (χ3n) is 3.85. The fourth-order valence-electron chi connectivity index (χ4n) is 2.90. The average Bonchev–Trinajstić information content (AvgIpc) is 2.81. The number of imide groups is 1. The zero-order valence-corrected chi connectivity index (χ0v) is 11.4. The van der Waals surface area contributed by atoms with Gasteiger partial charge in [0.25, 0.3) is 0 Å². The van der Waals surface area contributed by atoms with Gasteiger partial charge in [0.2, 0.25) is 5.91 Å². The maximum Gasteiger partial charge on any atom is 0.321 e. The fraction of sp³-hybridized carbons (Fsp3) is 0.846. The SMILES string of the molecule is N[C@@H]1CCCN(CC(=O)NC(=O)NC2CCCC2)C1. The smallest absolute Gasteiger partial charge is 0.321 e. The van der Waals surface area contributed by atoms with E-state index in [1.807, 2.05) is 4.90 Å². The lowest BCUT2D eigenvalue weighted by atomic mass is 10.1. The van der Waals surface area contributed by atoms with E-state index in [2.05, 4.69) is 10.6 Å². The first kappa shape index (κ1) is 14.3. The minimum atomic E-state index is -0.363. The number of hydrogen-bond acceptors (Lipinski definition) is 4. The summed E-state index contributed by atoms with van der Waals surface area (Å²) in [6, 6.07) is 0.0169. The highest BCUT2D eigenvalue weighted by molar-refractivity contribution is 5.95. The molecule has 3 amide bonds. The molecular weight excluding hydrogens is 244 g/mol. The lowest BCUT2D eigenvalue weighted by Gasteiger charge is -2.29. The van der Waals surface area contributed by atoms with Gasteiger partial charge in [0.05, 0.1) is 6.54 Å². The first-order valence-electron chi connectivity index (χ1n) is 7.22. The van der Waals surface area contributed by atoms with Crippen LogP contribution in [0, 0.1) is 0 Å². The molecule has 0 aromatic rings. The topological polar surface area (TPSA) is 87.5 Å². The molecule has 6 nitrogen and oxygen atoms in total. The number of likely N-dealkylation sites (tertiary alicyclic amines) is 1. The molecule has 19 heavy (non-hydrogen) atoms. The van der Waals surface area contributed by atoms with Gasteiger partial charge < -0.3 is 11.1 Å². The molecule has 0 bridgehead atoms. The standard InChI is InChI=1S/C13H24N4O2/c14-10-4-3-7-17(8-10)9-12(18)16-13(19)15-11-5-1-2-6-11/h10-11H,1-9,14H2,(H2,15,16,18,19)/t10-/m1/s1. The molecule has 2 rings (SSSR count). The van der Waals surface area contributed by atoms with Gasteiger partial charge in [-0.05, 0) is 32.2 Å². The van der Waals surface area contributed by atoms with E-state index in [4.69, 9.17) is 5.73 Å². The summed E-state index contributed by atoms with van der Waals surface area (Å²) in [4.78, 5) is 25.4. The molecule has 0 aromatic heterocycles. The monoisotopic (exact) mass is 268 g/mol. The van der Waals surface area contributed by atoms with Crippen LogP contribution in [0.25, 0.3) is 0 Å². The van der Waals surface area contributed by atoms with Crippen LogP contribution in [0.4, 0.5) is 4.79 Å². The minimum absolute atomic E-state index is 0.147. The Bertz CT molecular complexity index is 329. The van der Waals surface area contributed by atoms with Crippen molar-refractivity contribution in [2.24, 2.45) is 5.73 Å². The Morgan fingerprint density at radius 3 is 2.58 bits per heavy atom. The second kappa shape index (κ2) is 6.86. The molecule has 1 aliphatic carbocycles. The molecule has 6 heteroatoms. The number of rotatable bonds is 3. The number of amides is 3. The van der Waals surface area contributed by atoms with Crippen molar-refractivity contribution < 1.29 is 9.59 Å². The van der Waals surface area contributed by atoms with Crippen molar-refractivity contribution in [3.05, 3.63) is 0 Å². The van der Waals surface area contributed by atoms with Crippen LogP contribution in [0.2, 0.25) is 0 Å². The maximum absolute atomic E-state index is 11.7. The van der Waals surface area contributed by atoms with Gasteiger partial charge in [-0.1, -0.05) is 12.8 Å². The van der Waals surface area contributed by atoms with Crippen LogP contribution < -0.4 is 16.4 Å². The van der Waals surface area contributed by atoms with Crippen molar-refractivity contribution in [1.82, 2.24) is 15.5 Å². The van der Waals surface area contributed by atoms with E-state index in [-0.39, 0.29) is 30.6 Å². The third kappa shape index (κ3) is 4.80. The second-order valence-corrected chi connectivity index (χ2v) is 5.64. The number of nitrogens with zero attached hydrogens (tertiary/aromatic N) is 1. The van der Waals surface area contributed by atoms with Crippen LogP contribution >= 0.6 is 0 Å². The number of nitrogens with one attached hydrogen (secondary N) is 2. The van der Waals surface area contributed by atoms with Crippen LogP contribution in [0.3, 0.4) is 0 Å². The summed E-state index contributed by atoms with van der Waals surface area (Å²) in [7, 11) is 0. The lowest BCUT2D eigenvalue weighted by Crippen LogP contribution is -2.50. The van der Waals surface area contributed by atoms with Gasteiger partial charge >= 0.3 is 6.03 Å². The zero-order chi connectivity index (χ0) is 13.7. The predicted molar refractivity (Wildman–Crippen MR) is 72.6 cm³/mol. The highest BCUT2D eigenvalue weighted by atomic mass is 16.2. The molecule has 2 fully saturated rings. The van der Waals surface area contributed by atoms with Crippen LogP contribution in [-0.2, 0) is 4.79 Å². The Labute approximate surface area is 114 Å². The van der Waals surface area contributed by atoms with Crippen LogP contribution in [-0.4, -0.2) is 48.6 Å². The Kier molecular flexibility index (Phi) is 5.15. The maximum atomic E-state index is 11.7. The molecule has 0 unspecified atom stereocenters. The van der Waals surface area contributed by atoms with Crippen molar-refractivity contribution >= 4 is 11.9 Å². The summed E-state index contributed by atoms with van der Waals surface area (Å²) in [5.41, 5.74) is 5.86. The zero-order valence-electron chi connectivity index (χ0n) is 11.4. The molecule has 0 radical (unpaired) electrons. The van der Waals surface area contributed by atoms with Gasteiger partial charge in [0.1, 0.15) is 0 Å². The van der Waals surface area contributed by atoms with E-state index in [1.165, 1.54) is 0 Å². The summed E-state index contributed by atoms with van der Waals surface area (Å²) in [6.45, 7) is 1.87.